The molecule has 0 N–H and O–H groups in total. The van der Waals surface area contributed by atoms with Crippen LogP contribution in [0.1, 0.15) is 11.1 Å². The first kappa shape index (κ1) is 11.9. The zero-order valence-electron chi connectivity index (χ0n) is 10.2. The number of fused-ring (bicyclic) bond motifs is 1. The highest BCUT2D eigenvalue weighted by Gasteiger charge is 2.09. The van der Waals surface area contributed by atoms with Crippen LogP contribution in [-0.2, 0) is 0 Å². The molecule has 2 aromatic carbocycles. The second-order valence-electron chi connectivity index (χ2n) is 4.42. The number of aromatic nitrogens is 1. The van der Waals surface area contributed by atoms with Crippen molar-refractivity contribution in [1.29, 1.82) is 0 Å². The quantitative estimate of drug-likeness (QED) is 0.590. The molecular formula is C15H12BrNS. The zero-order chi connectivity index (χ0) is 12.7. The number of rotatable bonds is 1. The van der Waals surface area contributed by atoms with Gasteiger partial charge in [-0.25, -0.2) is 4.98 Å². The van der Waals surface area contributed by atoms with Gasteiger partial charge in [-0.1, -0.05) is 35.9 Å². The predicted octanol–water partition coefficient (Wildman–Crippen LogP) is 5.34. The first-order chi connectivity index (χ1) is 8.65. The van der Waals surface area contributed by atoms with Crippen LogP contribution >= 0.6 is 27.3 Å². The van der Waals surface area contributed by atoms with Gasteiger partial charge in [-0.3, -0.25) is 0 Å². The van der Waals surface area contributed by atoms with Crippen LogP contribution in [0, 0.1) is 13.8 Å². The Labute approximate surface area is 119 Å². The summed E-state index contributed by atoms with van der Waals surface area (Å²) in [5, 5.41) is 0. The van der Waals surface area contributed by atoms with Crippen molar-refractivity contribution in [3.05, 3.63) is 51.4 Å². The largest absolute Gasteiger partial charge is 0.229 e. The lowest BCUT2D eigenvalue weighted by atomic mass is 9.98. The van der Waals surface area contributed by atoms with Crippen molar-refractivity contribution in [1.82, 2.24) is 4.98 Å². The summed E-state index contributed by atoms with van der Waals surface area (Å²) in [5.41, 5.74) is 6.17. The van der Waals surface area contributed by atoms with E-state index in [4.69, 9.17) is 0 Å². The minimum atomic E-state index is 0.946. The van der Waals surface area contributed by atoms with Crippen LogP contribution in [0.2, 0.25) is 0 Å². The molecule has 0 aliphatic carbocycles. The van der Waals surface area contributed by atoms with Gasteiger partial charge in [-0.05, 0) is 52.5 Å². The molecule has 3 heteroatoms. The Morgan fingerprint density at radius 3 is 2.72 bits per heavy atom. The molecule has 18 heavy (non-hydrogen) atoms. The molecule has 3 aromatic rings. The van der Waals surface area contributed by atoms with Gasteiger partial charge in [-0.2, -0.15) is 0 Å². The Morgan fingerprint density at radius 2 is 1.94 bits per heavy atom. The van der Waals surface area contributed by atoms with Crippen LogP contribution < -0.4 is 0 Å². The van der Waals surface area contributed by atoms with Crippen LogP contribution in [0.3, 0.4) is 0 Å². The SMILES string of the molecule is Cc1cccc(-c2ccc3sc(Br)nc3c2C)c1. The van der Waals surface area contributed by atoms with Gasteiger partial charge in [0, 0.05) is 0 Å². The molecule has 1 aromatic heterocycles. The van der Waals surface area contributed by atoms with Crippen molar-refractivity contribution < 1.29 is 0 Å². The fraction of sp³-hybridized carbons (Fsp3) is 0.133. The molecule has 0 radical (unpaired) electrons. The van der Waals surface area contributed by atoms with Crippen molar-refractivity contribution in [3.63, 3.8) is 0 Å². The molecule has 0 unspecified atom stereocenters. The number of halogens is 1. The van der Waals surface area contributed by atoms with E-state index in [-0.39, 0.29) is 0 Å². The minimum absolute atomic E-state index is 0.946. The third kappa shape index (κ3) is 1.98. The molecule has 0 aliphatic heterocycles. The summed E-state index contributed by atoms with van der Waals surface area (Å²) in [6, 6.07) is 12.9. The Hall–Kier alpha value is -1.19. The molecule has 0 saturated heterocycles. The second kappa shape index (κ2) is 4.48. The van der Waals surface area contributed by atoms with Crippen molar-refractivity contribution >= 4 is 37.5 Å². The van der Waals surface area contributed by atoms with Crippen molar-refractivity contribution in [3.8, 4) is 11.1 Å². The molecule has 0 saturated carbocycles. The zero-order valence-corrected chi connectivity index (χ0v) is 12.6. The van der Waals surface area contributed by atoms with Gasteiger partial charge < -0.3 is 0 Å². The Kier molecular flexibility index (Phi) is 2.96. The summed E-state index contributed by atoms with van der Waals surface area (Å²) in [4.78, 5) is 4.56. The molecule has 0 atom stereocenters. The Balaban J connectivity index is 2.26. The van der Waals surface area contributed by atoms with E-state index in [2.05, 4.69) is 71.2 Å². The highest BCUT2D eigenvalue weighted by Crippen LogP contribution is 2.34. The molecule has 3 rings (SSSR count). The number of thiazole rings is 1. The summed E-state index contributed by atoms with van der Waals surface area (Å²) in [5.74, 6) is 0. The van der Waals surface area contributed by atoms with Gasteiger partial charge in [-0.15, -0.1) is 11.3 Å². The topological polar surface area (TPSA) is 12.9 Å². The Morgan fingerprint density at radius 1 is 1.11 bits per heavy atom. The maximum absolute atomic E-state index is 4.56. The number of nitrogens with zero attached hydrogens (tertiary/aromatic N) is 1. The van der Waals surface area contributed by atoms with Gasteiger partial charge in [0.1, 0.15) is 0 Å². The van der Waals surface area contributed by atoms with Crippen molar-refractivity contribution in [2.45, 2.75) is 13.8 Å². The van der Waals surface area contributed by atoms with Crippen molar-refractivity contribution in [2.24, 2.45) is 0 Å². The van der Waals surface area contributed by atoms with Gasteiger partial charge >= 0.3 is 0 Å². The van der Waals surface area contributed by atoms with Crippen LogP contribution in [0.5, 0.6) is 0 Å². The van der Waals surface area contributed by atoms with Crippen LogP contribution in [0.4, 0.5) is 0 Å². The number of hydrogen-bond acceptors (Lipinski definition) is 2. The van der Waals surface area contributed by atoms with E-state index in [1.165, 1.54) is 27.0 Å². The third-order valence-electron chi connectivity index (χ3n) is 3.12. The second-order valence-corrected chi connectivity index (χ2v) is 6.73. The summed E-state index contributed by atoms with van der Waals surface area (Å²) in [7, 11) is 0. The fourth-order valence-electron chi connectivity index (χ4n) is 2.22. The van der Waals surface area contributed by atoms with Crippen molar-refractivity contribution in [2.75, 3.05) is 0 Å². The first-order valence-corrected chi connectivity index (χ1v) is 7.39. The minimum Gasteiger partial charge on any atom is -0.229 e. The lowest BCUT2D eigenvalue weighted by molar-refractivity contribution is 1.39. The highest BCUT2D eigenvalue weighted by atomic mass is 79.9. The maximum Gasteiger partial charge on any atom is 0.160 e. The maximum atomic E-state index is 4.56. The highest BCUT2D eigenvalue weighted by molar-refractivity contribution is 9.11. The van der Waals surface area contributed by atoms with E-state index in [1.54, 1.807) is 11.3 Å². The number of aryl methyl sites for hydroxylation is 2. The van der Waals surface area contributed by atoms with E-state index in [1.807, 2.05) is 0 Å². The average Bonchev–Trinajstić information content (AvgIpc) is 2.71. The molecule has 0 bridgehead atoms. The first-order valence-electron chi connectivity index (χ1n) is 5.78. The van der Waals surface area contributed by atoms with E-state index in [0.29, 0.717) is 0 Å². The van der Waals surface area contributed by atoms with Crippen LogP contribution in [-0.4, -0.2) is 4.98 Å². The van der Waals surface area contributed by atoms with Gasteiger partial charge in [0.15, 0.2) is 3.92 Å². The predicted molar refractivity (Wildman–Crippen MR) is 82.2 cm³/mol. The number of benzene rings is 2. The molecular weight excluding hydrogens is 306 g/mol. The molecule has 1 heterocycles. The van der Waals surface area contributed by atoms with E-state index in [9.17, 15) is 0 Å². The molecule has 0 spiro atoms. The lowest BCUT2D eigenvalue weighted by Gasteiger charge is -2.07. The van der Waals surface area contributed by atoms with Crippen LogP contribution in [0.25, 0.3) is 21.3 Å². The summed E-state index contributed by atoms with van der Waals surface area (Å²) >= 11 is 5.14. The summed E-state index contributed by atoms with van der Waals surface area (Å²) in [6.45, 7) is 4.27. The lowest BCUT2D eigenvalue weighted by Crippen LogP contribution is -1.85. The summed E-state index contributed by atoms with van der Waals surface area (Å²) < 4.78 is 2.18. The molecule has 90 valence electrons. The van der Waals surface area contributed by atoms with E-state index < -0.39 is 0 Å². The van der Waals surface area contributed by atoms with Gasteiger partial charge in [0.2, 0.25) is 0 Å². The van der Waals surface area contributed by atoms with Gasteiger partial charge in [0.25, 0.3) is 0 Å². The van der Waals surface area contributed by atoms with E-state index in [0.717, 1.165) is 9.43 Å². The standard InChI is InChI=1S/C15H12BrNS/c1-9-4-3-5-11(8-9)12-6-7-13-14(10(12)2)17-15(16)18-13/h3-8H,1-2H3. The molecule has 0 amide bonds. The monoisotopic (exact) mass is 317 g/mol. The third-order valence-corrected chi connectivity index (χ3v) is 4.59. The molecule has 1 nitrogen and oxygen atoms in total. The number of hydrogen-bond donors (Lipinski definition) is 0. The average molecular weight is 318 g/mol. The summed E-state index contributed by atoms with van der Waals surface area (Å²) in [6.07, 6.45) is 0. The smallest absolute Gasteiger partial charge is 0.160 e. The van der Waals surface area contributed by atoms with E-state index >= 15 is 0 Å². The molecule has 0 aliphatic rings. The Bertz CT molecular complexity index is 730. The molecule has 0 fully saturated rings. The fourth-order valence-corrected chi connectivity index (χ4v) is 3.67. The van der Waals surface area contributed by atoms with Crippen LogP contribution in [0.15, 0.2) is 40.3 Å². The normalized spacial score (nSPS) is 11.1. The van der Waals surface area contributed by atoms with Gasteiger partial charge in [0.05, 0.1) is 10.2 Å².